The van der Waals surface area contributed by atoms with Crippen molar-refractivity contribution >= 4 is 26.7 Å². The van der Waals surface area contributed by atoms with Crippen LogP contribution in [0.2, 0.25) is 0 Å². The summed E-state index contributed by atoms with van der Waals surface area (Å²) in [6.07, 6.45) is -3.23. The molecule has 0 radical (unpaired) electrons. The van der Waals surface area contributed by atoms with E-state index in [4.69, 9.17) is 4.74 Å². The maximum Gasteiger partial charge on any atom is 0.452 e. The van der Waals surface area contributed by atoms with Gasteiger partial charge in [-0.15, -0.1) is 0 Å². The van der Waals surface area contributed by atoms with Crippen LogP contribution < -0.4 is 9.64 Å². The van der Waals surface area contributed by atoms with Crippen LogP contribution in [0.5, 0.6) is 5.75 Å². The van der Waals surface area contributed by atoms with E-state index in [1.807, 2.05) is 0 Å². The molecule has 2 aromatic rings. The zero-order valence-electron chi connectivity index (χ0n) is 15.5. The molecular weight excluding hydrogens is 429 g/mol. The lowest BCUT2D eigenvalue weighted by molar-refractivity contribution is -0.144. The van der Waals surface area contributed by atoms with Crippen LogP contribution in [-0.2, 0) is 16.2 Å². The number of ether oxygens (including phenoxy) is 1. The molecule has 2 aliphatic heterocycles. The van der Waals surface area contributed by atoms with Crippen molar-refractivity contribution in [2.45, 2.75) is 23.9 Å². The number of alkyl halides is 3. The summed E-state index contributed by atoms with van der Waals surface area (Å²) in [5.74, 6) is -0.527. The lowest BCUT2D eigenvalue weighted by Crippen LogP contribution is -2.61. The molecule has 2 fully saturated rings. The van der Waals surface area contributed by atoms with Gasteiger partial charge in [0.25, 0.3) is 0 Å². The van der Waals surface area contributed by atoms with E-state index in [1.165, 1.54) is 23.5 Å². The summed E-state index contributed by atoms with van der Waals surface area (Å²) in [6.45, 7) is 1.89. The van der Waals surface area contributed by atoms with Gasteiger partial charge in [0.05, 0.1) is 12.0 Å². The molecule has 1 spiro atoms. The van der Waals surface area contributed by atoms with Crippen LogP contribution in [0.25, 0.3) is 0 Å². The molecule has 4 rings (SSSR count). The highest BCUT2D eigenvalue weighted by atomic mass is 32.2. The Morgan fingerprint density at radius 3 is 2.28 bits per heavy atom. The minimum atomic E-state index is -4.54. The van der Waals surface area contributed by atoms with Gasteiger partial charge in [0.1, 0.15) is 5.75 Å². The molecule has 0 atom stereocenters. The molecule has 158 valence electrons. The van der Waals surface area contributed by atoms with Crippen LogP contribution in [-0.4, -0.2) is 55.4 Å². The molecule has 7 nitrogen and oxygen atoms in total. The fourth-order valence-electron chi connectivity index (χ4n) is 3.77. The molecule has 0 aliphatic carbocycles. The number of aromatic nitrogens is 2. The fourth-order valence-corrected chi connectivity index (χ4v) is 5.90. The van der Waals surface area contributed by atoms with Gasteiger partial charge in [0, 0.05) is 43.1 Å². The van der Waals surface area contributed by atoms with E-state index in [9.17, 15) is 21.6 Å². The van der Waals surface area contributed by atoms with Gasteiger partial charge < -0.3 is 9.64 Å². The second-order valence-corrected chi connectivity index (χ2v) is 10.0. The Morgan fingerprint density at radius 2 is 1.76 bits per heavy atom. The Hall–Kier alpha value is -1.92. The first-order valence-electron chi connectivity index (χ1n) is 8.93. The molecule has 1 aromatic carbocycles. The Bertz CT molecular complexity index is 976. The van der Waals surface area contributed by atoms with Crippen LogP contribution in [0, 0.1) is 5.41 Å². The molecule has 1 aromatic heterocycles. The van der Waals surface area contributed by atoms with Crippen LogP contribution >= 0.6 is 11.5 Å². The summed E-state index contributed by atoms with van der Waals surface area (Å²) >= 11 is 0.741. The van der Waals surface area contributed by atoms with Crippen molar-refractivity contribution in [3.8, 4) is 5.75 Å². The molecule has 0 amide bonds. The third kappa shape index (κ3) is 3.80. The minimum Gasteiger partial charge on any atom is -0.497 e. The molecule has 0 unspecified atom stereocenters. The highest BCUT2D eigenvalue weighted by Crippen LogP contribution is 2.44. The van der Waals surface area contributed by atoms with Crippen molar-refractivity contribution < 1.29 is 26.3 Å². The summed E-state index contributed by atoms with van der Waals surface area (Å²) in [5, 5.41) is 0.260. The summed E-state index contributed by atoms with van der Waals surface area (Å²) in [7, 11) is -2.07. The average molecular weight is 448 g/mol. The lowest BCUT2D eigenvalue weighted by Gasteiger charge is -2.53. The largest absolute Gasteiger partial charge is 0.497 e. The lowest BCUT2D eigenvalue weighted by atomic mass is 9.73. The van der Waals surface area contributed by atoms with Crippen molar-refractivity contribution in [3.63, 3.8) is 0 Å². The summed E-state index contributed by atoms with van der Waals surface area (Å²) in [5.41, 5.74) is -0.0873. The average Bonchev–Trinajstić information content (AvgIpc) is 3.16. The molecule has 0 bridgehead atoms. The molecule has 0 saturated carbocycles. The number of anilines is 1. The zero-order chi connectivity index (χ0) is 20.9. The Kier molecular flexibility index (Phi) is 4.98. The van der Waals surface area contributed by atoms with Gasteiger partial charge in [-0.25, -0.2) is 8.42 Å². The first-order valence-corrected chi connectivity index (χ1v) is 11.1. The number of nitrogens with zero attached hydrogens (tertiary/aromatic N) is 4. The van der Waals surface area contributed by atoms with Gasteiger partial charge in [-0.1, -0.05) is 0 Å². The molecule has 2 aliphatic rings. The SMILES string of the molecule is COc1ccc(S(=O)(=O)N2CCC3(CC2)CN(c2nc(C(F)(F)F)ns2)C3)cc1. The van der Waals surface area contributed by atoms with Crippen molar-refractivity contribution in [1.82, 2.24) is 13.7 Å². The van der Waals surface area contributed by atoms with E-state index in [0.717, 1.165) is 11.5 Å². The number of halogens is 3. The molecule has 2 saturated heterocycles. The van der Waals surface area contributed by atoms with Gasteiger partial charge in [-0.05, 0) is 37.1 Å². The molecule has 12 heteroatoms. The van der Waals surface area contributed by atoms with Crippen molar-refractivity contribution in [2.75, 3.05) is 38.2 Å². The fraction of sp³-hybridized carbons (Fsp3) is 0.529. The maximum atomic E-state index is 12.8. The van der Waals surface area contributed by atoms with Crippen LogP contribution in [0.15, 0.2) is 29.2 Å². The Morgan fingerprint density at radius 1 is 1.14 bits per heavy atom. The molecule has 3 heterocycles. The monoisotopic (exact) mass is 448 g/mol. The standard InChI is InChI=1S/C17H19F3N4O3S2/c1-27-12-2-4-13(5-3-12)29(25,26)24-8-6-16(7-9-24)10-23(11-16)15-21-14(22-28-15)17(18,19)20/h2-5H,6-11H2,1H3. The normalized spacial score (nSPS) is 19.9. The topological polar surface area (TPSA) is 75.6 Å². The number of rotatable bonds is 4. The van der Waals surface area contributed by atoms with E-state index in [-0.39, 0.29) is 15.4 Å². The second kappa shape index (κ2) is 7.10. The third-order valence-corrected chi connectivity index (χ3v) is 8.16. The molecular formula is C17H19F3N4O3S2. The highest BCUT2D eigenvalue weighted by molar-refractivity contribution is 7.89. The van der Waals surface area contributed by atoms with E-state index >= 15 is 0 Å². The van der Waals surface area contributed by atoms with Crippen LogP contribution in [0.3, 0.4) is 0 Å². The van der Waals surface area contributed by atoms with Crippen molar-refractivity contribution in [3.05, 3.63) is 30.1 Å². The van der Waals surface area contributed by atoms with E-state index < -0.39 is 22.0 Å². The van der Waals surface area contributed by atoms with Gasteiger partial charge >= 0.3 is 6.18 Å². The van der Waals surface area contributed by atoms with Crippen LogP contribution in [0.1, 0.15) is 18.7 Å². The number of piperidine rings is 1. The Balaban J connectivity index is 1.37. The number of benzene rings is 1. The molecule has 0 N–H and O–H groups in total. The van der Waals surface area contributed by atoms with Gasteiger partial charge in [0.15, 0.2) is 0 Å². The highest BCUT2D eigenvalue weighted by Gasteiger charge is 2.48. The quantitative estimate of drug-likeness (QED) is 0.716. The number of methoxy groups -OCH3 is 1. The number of sulfonamides is 1. The zero-order valence-corrected chi connectivity index (χ0v) is 17.1. The van der Waals surface area contributed by atoms with Gasteiger partial charge in [-0.2, -0.15) is 26.8 Å². The van der Waals surface area contributed by atoms with E-state index in [2.05, 4.69) is 9.36 Å². The minimum absolute atomic E-state index is 0.0873. The second-order valence-electron chi connectivity index (χ2n) is 7.33. The van der Waals surface area contributed by atoms with Gasteiger partial charge in [-0.3, -0.25) is 0 Å². The first-order chi connectivity index (χ1) is 13.6. The smallest absolute Gasteiger partial charge is 0.452 e. The van der Waals surface area contributed by atoms with Gasteiger partial charge in [0.2, 0.25) is 21.0 Å². The van der Waals surface area contributed by atoms with Crippen LogP contribution in [0.4, 0.5) is 18.3 Å². The summed E-state index contributed by atoms with van der Waals surface area (Å²) in [4.78, 5) is 5.58. The Labute approximate surface area is 170 Å². The van der Waals surface area contributed by atoms with Crippen molar-refractivity contribution in [2.24, 2.45) is 5.41 Å². The van der Waals surface area contributed by atoms with Crippen molar-refractivity contribution in [1.29, 1.82) is 0 Å². The number of hydrogen-bond acceptors (Lipinski definition) is 7. The third-order valence-electron chi connectivity index (χ3n) is 5.47. The summed E-state index contributed by atoms with van der Waals surface area (Å²) in [6, 6.07) is 6.27. The summed E-state index contributed by atoms with van der Waals surface area (Å²) < 4.78 is 73.6. The predicted octanol–water partition coefficient (Wildman–Crippen LogP) is 2.86. The molecule has 29 heavy (non-hydrogen) atoms. The van der Waals surface area contributed by atoms with E-state index in [0.29, 0.717) is 44.8 Å². The first kappa shape index (κ1) is 20.4. The predicted molar refractivity (Wildman–Crippen MR) is 101 cm³/mol. The number of hydrogen-bond donors (Lipinski definition) is 0. The van der Waals surface area contributed by atoms with E-state index in [1.54, 1.807) is 17.0 Å². The maximum absolute atomic E-state index is 12.8.